The number of hydrogen-bond acceptors (Lipinski definition) is 2. The van der Waals surface area contributed by atoms with Crippen LogP contribution in [0.25, 0.3) is 0 Å². The van der Waals surface area contributed by atoms with Gasteiger partial charge in [0.15, 0.2) is 0 Å². The van der Waals surface area contributed by atoms with Gasteiger partial charge in [-0.05, 0) is 55.2 Å². The van der Waals surface area contributed by atoms with Gasteiger partial charge in [-0.25, -0.2) is 5.43 Å². The van der Waals surface area contributed by atoms with Crippen molar-refractivity contribution in [1.82, 2.24) is 5.43 Å². The van der Waals surface area contributed by atoms with Crippen molar-refractivity contribution >= 4 is 11.6 Å². The number of aryl methyl sites for hydroxylation is 3. The lowest BCUT2D eigenvalue weighted by Crippen LogP contribution is -2.30. The zero-order chi connectivity index (χ0) is 14.0. The van der Waals surface area contributed by atoms with Crippen LogP contribution in [-0.2, 0) is 0 Å². The van der Waals surface area contributed by atoms with Crippen LogP contribution in [0.3, 0.4) is 0 Å². The lowest BCUT2D eigenvalue weighted by atomic mass is 9.92. The third-order valence-electron chi connectivity index (χ3n) is 3.45. The van der Waals surface area contributed by atoms with Crippen molar-refractivity contribution in [3.8, 4) is 0 Å². The van der Waals surface area contributed by atoms with Gasteiger partial charge in [-0.1, -0.05) is 41.4 Å². The van der Waals surface area contributed by atoms with Crippen LogP contribution >= 0.6 is 11.6 Å². The number of nitrogens with two attached hydrogens (primary N) is 1. The van der Waals surface area contributed by atoms with Crippen LogP contribution < -0.4 is 11.3 Å². The van der Waals surface area contributed by atoms with Crippen LogP contribution in [0.15, 0.2) is 36.4 Å². The zero-order valence-electron chi connectivity index (χ0n) is 11.5. The van der Waals surface area contributed by atoms with E-state index in [0.29, 0.717) is 0 Å². The second-order valence-corrected chi connectivity index (χ2v) is 5.40. The molecule has 0 aliphatic heterocycles. The average Bonchev–Trinajstić information content (AvgIpc) is 2.34. The van der Waals surface area contributed by atoms with Crippen LogP contribution in [0.5, 0.6) is 0 Å². The molecule has 0 saturated heterocycles. The van der Waals surface area contributed by atoms with E-state index in [0.717, 1.165) is 16.1 Å². The molecule has 0 aliphatic carbocycles. The highest BCUT2D eigenvalue weighted by Gasteiger charge is 2.16. The first-order chi connectivity index (χ1) is 9.02. The molecule has 19 heavy (non-hydrogen) atoms. The molecule has 2 rings (SSSR count). The minimum atomic E-state index is -0.0159. The third kappa shape index (κ3) is 2.98. The number of rotatable bonds is 3. The van der Waals surface area contributed by atoms with Crippen molar-refractivity contribution in [3.05, 3.63) is 69.2 Å². The molecule has 0 saturated carbocycles. The Morgan fingerprint density at radius 1 is 0.947 bits per heavy atom. The molecule has 0 spiro atoms. The highest BCUT2D eigenvalue weighted by Crippen LogP contribution is 2.28. The third-order valence-corrected chi connectivity index (χ3v) is 3.68. The standard InChI is InChI=1S/C16H19ClN2/c1-10-4-6-14(11(2)8-10)16(19-18)15-7-5-13(17)9-12(15)3/h4-9,16,19H,18H2,1-3H3. The monoisotopic (exact) mass is 274 g/mol. The normalized spacial score (nSPS) is 12.5. The topological polar surface area (TPSA) is 38.0 Å². The Morgan fingerprint density at radius 2 is 1.53 bits per heavy atom. The summed E-state index contributed by atoms with van der Waals surface area (Å²) in [5, 5.41) is 0.748. The molecule has 0 aromatic heterocycles. The van der Waals surface area contributed by atoms with Crippen LogP contribution in [0, 0.1) is 20.8 Å². The van der Waals surface area contributed by atoms with Gasteiger partial charge in [-0.15, -0.1) is 0 Å². The SMILES string of the molecule is Cc1ccc(C(NN)c2ccc(Cl)cc2C)c(C)c1. The lowest BCUT2D eigenvalue weighted by Gasteiger charge is -2.21. The molecule has 3 heteroatoms. The first kappa shape index (κ1) is 14.1. The van der Waals surface area contributed by atoms with Gasteiger partial charge in [0.1, 0.15) is 0 Å². The maximum absolute atomic E-state index is 6.01. The van der Waals surface area contributed by atoms with Crippen LogP contribution in [0.1, 0.15) is 33.9 Å². The molecular weight excluding hydrogens is 256 g/mol. The molecule has 0 bridgehead atoms. The Balaban J connectivity index is 2.50. The summed E-state index contributed by atoms with van der Waals surface area (Å²) in [7, 11) is 0. The van der Waals surface area contributed by atoms with Crippen molar-refractivity contribution < 1.29 is 0 Å². The Labute approximate surface area is 119 Å². The summed E-state index contributed by atoms with van der Waals surface area (Å²) in [5.41, 5.74) is 8.88. The molecule has 1 atom stereocenters. The maximum Gasteiger partial charge on any atom is 0.0715 e. The summed E-state index contributed by atoms with van der Waals surface area (Å²) < 4.78 is 0. The van der Waals surface area contributed by atoms with Gasteiger partial charge in [0.2, 0.25) is 0 Å². The van der Waals surface area contributed by atoms with Crippen molar-refractivity contribution in [2.45, 2.75) is 26.8 Å². The fourth-order valence-corrected chi connectivity index (χ4v) is 2.69. The summed E-state index contributed by atoms with van der Waals surface area (Å²) in [5.74, 6) is 5.77. The molecule has 3 N–H and O–H groups in total. The Bertz CT molecular complexity index is 542. The molecule has 0 aliphatic rings. The van der Waals surface area contributed by atoms with Gasteiger partial charge in [0.25, 0.3) is 0 Å². The van der Waals surface area contributed by atoms with Crippen LogP contribution in [0.4, 0.5) is 0 Å². The smallest absolute Gasteiger partial charge is 0.0715 e. The Morgan fingerprint density at radius 3 is 2.05 bits per heavy atom. The zero-order valence-corrected chi connectivity index (χ0v) is 12.3. The molecule has 1 unspecified atom stereocenters. The summed E-state index contributed by atoms with van der Waals surface area (Å²) in [6.45, 7) is 6.25. The minimum absolute atomic E-state index is 0.0159. The average molecular weight is 275 g/mol. The van der Waals surface area contributed by atoms with Gasteiger partial charge < -0.3 is 0 Å². The summed E-state index contributed by atoms with van der Waals surface area (Å²) in [6, 6.07) is 12.3. The van der Waals surface area contributed by atoms with Crippen LogP contribution in [0.2, 0.25) is 5.02 Å². The largest absolute Gasteiger partial charge is 0.271 e. The van der Waals surface area contributed by atoms with Crippen molar-refractivity contribution in [2.75, 3.05) is 0 Å². The van der Waals surface area contributed by atoms with Crippen molar-refractivity contribution in [2.24, 2.45) is 5.84 Å². The Hall–Kier alpha value is -1.35. The van der Waals surface area contributed by atoms with E-state index in [-0.39, 0.29) is 6.04 Å². The van der Waals surface area contributed by atoms with Crippen molar-refractivity contribution in [3.63, 3.8) is 0 Å². The number of halogens is 1. The molecule has 2 nitrogen and oxygen atoms in total. The van der Waals surface area contributed by atoms with E-state index in [1.807, 2.05) is 18.2 Å². The van der Waals surface area contributed by atoms with Gasteiger partial charge >= 0.3 is 0 Å². The minimum Gasteiger partial charge on any atom is -0.271 e. The second-order valence-electron chi connectivity index (χ2n) is 4.96. The molecule has 0 amide bonds. The van der Waals surface area contributed by atoms with Gasteiger partial charge in [0, 0.05) is 5.02 Å². The predicted molar refractivity (Wildman–Crippen MR) is 81.3 cm³/mol. The second kappa shape index (κ2) is 5.74. The van der Waals surface area contributed by atoms with E-state index in [1.54, 1.807) is 0 Å². The maximum atomic E-state index is 6.01. The van der Waals surface area contributed by atoms with Crippen LogP contribution in [-0.4, -0.2) is 0 Å². The van der Waals surface area contributed by atoms with E-state index in [9.17, 15) is 0 Å². The van der Waals surface area contributed by atoms with Crippen molar-refractivity contribution in [1.29, 1.82) is 0 Å². The fraction of sp³-hybridized carbons (Fsp3) is 0.250. The molecular formula is C16H19ClN2. The number of hydrazine groups is 1. The quantitative estimate of drug-likeness (QED) is 0.660. The Kier molecular flexibility index (Phi) is 4.25. The first-order valence-corrected chi connectivity index (χ1v) is 6.70. The summed E-state index contributed by atoms with van der Waals surface area (Å²) in [6.07, 6.45) is 0. The molecule has 2 aromatic rings. The number of benzene rings is 2. The summed E-state index contributed by atoms with van der Waals surface area (Å²) >= 11 is 6.01. The predicted octanol–water partition coefficient (Wildman–Crippen LogP) is 3.82. The van der Waals surface area contributed by atoms with E-state index >= 15 is 0 Å². The number of nitrogens with one attached hydrogen (secondary N) is 1. The van der Waals surface area contributed by atoms with E-state index in [1.165, 1.54) is 16.7 Å². The molecule has 0 heterocycles. The van der Waals surface area contributed by atoms with Gasteiger partial charge in [-0.2, -0.15) is 0 Å². The molecule has 100 valence electrons. The van der Waals surface area contributed by atoms with E-state index in [4.69, 9.17) is 17.4 Å². The van der Waals surface area contributed by atoms with E-state index < -0.39 is 0 Å². The number of hydrogen-bond donors (Lipinski definition) is 2. The molecule has 0 fully saturated rings. The lowest BCUT2D eigenvalue weighted by molar-refractivity contribution is 0.630. The fourth-order valence-electron chi connectivity index (χ4n) is 2.46. The molecule has 2 aromatic carbocycles. The first-order valence-electron chi connectivity index (χ1n) is 6.32. The van der Waals surface area contributed by atoms with E-state index in [2.05, 4.69) is 44.4 Å². The summed E-state index contributed by atoms with van der Waals surface area (Å²) in [4.78, 5) is 0. The van der Waals surface area contributed by atoms with Gasteiger partial charge in [-0.3, -0.25) is 5.84 Å². The molecule has 0 radical (unpaired) electrons. The highest BCUT2D eigenvalue weighted by molar-refractivity contribution is 6.30. The van der Waals surface area contributed by atoms with Gasteiger partial charge in [0.05, 0.1) is 6.04 Å². The highest BCUT2D eigenvalue weighted by atomic mass is 35.5.